The van der Waals surface area contributed by atoms with Crippen LogP contribution in [-0.2, 0) is 19.4 Å². The van der Waals surface area contributed by atoms with Crippen LogP contribution in [0.2, 0.25) is 0 Å². The molecule has 7 nitrogen and oxygen atoms in total. The Morgan fingerprint density at radius 1 is 1.22 bits per heavy atom. The van der Waals surface area contributed by atoms with E-state index < -0.39 is 9.84 Å². The van der Waals surface area contributed by atoms with E-state index in [-0.39, 0.29) is 41.4 Å². The molecule has 1 heterocycles. The molecule has 1 atom stereocenters. The molecule has 0 aromatic carbocycles. The molecular weight excluding hydrogens is 358 g/mol. The van der Waals surface area contributed by atoms with Gasteiger partial charge in [-0.3, -0.25) is 20.4 Å². The second-order valence-corrected chi connectivity index (χ2v) is 9.13. The number of nitrogens with one attached hydrogen (secondary N) is 2. The highest BCUT2D eigenvalue weighted by atomic mass is 32.2. The van der Waals surface area contributed by atoms with E-state index in [2.05, 4.69) is 10.9 Å². The number of nitrogens with zero attached hydrogens (tertiary/aromatic N) is 1. The van der Waals surface area contributed by atoms with Gasteiger partial charge in [0.25, 0.3) is 0 Å². The Morgan fingerprint density at radius 2 is 1.83 bits per heavy atom. The first-order chi connectivity index (χ1) is 10.8. The number of rotatable bonds is 6. The van der Waals surface area contributed by atoms with Gasteiger partial charge in [-0.2, -0.15) is 0 Å². The molecule has 1 aliphatic heterocycles. The lowest BCUT2D eigenvalue weighted by Crippen LogP contribution is -2.43. The zero-order valence-corrected chi connectivity index (χ0v) is 15.8. The highest BCUT2D eigenvalue weighted by Gasteiger charge is 2.29. The van der Waals surface area contributed by atoms with Crippen molar-refractivity contribution >= 4 is 50.0 Å². The van der Waals surface area contributed by atoms with Crippen LogP contribution in [0.25, 0.3) is 0 Å². The smallest absolute Gasteiger partial charge is 0.248 e. The minimum absolute atomic E-state index is 0.0440. The molecule has 10 heteroatoms. The lowest BCUT2D eigenvalue weighted by atomic mass is 10.1. The van der Waals surface area contributed by atoms with Crippen LogP contribution in [0.5, 0.6) is 0 Å². The van der Waals surface area contributed by atoms with Crippen LogP contribution in [0.4, 0.5) is 0 Å². The van der Waals surface area contributed by atoms with Crippen molar-refractivity contribution in [3.8, 4) is 0 Å². The second kappa shape index (κ2) is 9.43. The van der Waals surface area contributed by atoms with Crippen molar-refractivity contribution in [3.05, 3.63) is 0 Å². The summed E-state index contributed by atoms with van der Waals surface area (Å²) in [6, 6.07) is 0. The van der Waals surface area contributed by atoms with Gasteiger partial charge in [-0.05, 0) is 26.2 Å². The van der Waals surface area contributed by atoms with Crippen molar-refractivity contribution in [2.24, 2.45) is 5.92 Å². The normalized spacial score (nSPS) is 19.1. The molecule has 0 unspecified atom stereocenters. The highest BCUT2D eigenvalue weighted by molar-refractivity contribution is 8.23. The Bertz CT molecular complexity index is 547. The van der Waals surface area contributed by atoms with Crippen molar-refractivity contribution in [1.82, 2.24) is 15.8 Å². The highest BCUT2D eigenvalue weighted by Crippen LogP contribution is 2.21. The topological polar surface area (TPSA) is 95.6 Å². The third-order valence-electron chi connectivity index (χ3n) is 3.49. The summed E-state index contributed by atoms with van der Waals surface area (Å²) in [6.45, 7) is 5.54. The standard InChI is InChI=1S/C13H23N3O4S3/c1-3-16(4-2)13(21)22-8-12(18)15-14-11(17)7-10-5-6-23(19,20)9-10/h10H,3-9H2,1-2H3,(H,14,17)(H,15,18)/t10-/m0/s1. The largest absolute Gasteiger partial charge is 0.358 e. The SMILES string of the molecule is CCN(CC)C(=S)SCC(=O)NNC(=O)C[C@@H]1CCS(=O)(=O)C1. The Balaban J connectivity index is 2.23. The molecule has 2 N–H and O–H groups in total. The first-order valence-electron chi connectivity index (χ1n) is 7.47. The first-order valence-corrected chi connectivity index (χ1v) is 10.7. The number of amides is 2. The molecule has 0 spiro atoms. The fraction of sp³-hybridized carbons (Fsp3) is 0.769. The number of thioether (sulfide) groups is 1. The van der Waals surface area contributed by atoms with Crippen LogP contribution < -0.4 is 10.9 Å². The summed E-state index contributed by atoms with van der Waals surface area (Å²) < 4.78 is 23.3. The number of hydrogen-bond donors (Lipinski definition) is 2. The van der Waals surface area contributed by atoms with E-state index in [9.17, 15) is 18.0 Å². The molecule has 1 rings (SSSR count). The minimum atomic E-state index is -2.99. The predicted octanol–water partition coefficient (Wildman–Crippen LogP) is 0.319. The van der Waals surface area contributed by atoms with Gasteiger partial charge < -0.3 is 4.90 Å². The maximum Gasteiger partial charge on any atom is 0.248 e. The van der Waals surface area contributed by atoms with Crippen LogP contribution in [0, 0.1) is 5.92 Å². The second-order valence-electron chi connectivity index (χ2n) is 5.30. The summed E-state index contributed by atoms with van der Waals surface area (Å²) >= 11 is 6.45. The molecule has 1 saturated heterocycles. The predicted molar refractivity (Wildman–Crippen MR) is 95.6 cm³/mol. The molecule has 0 aromatic rings. The van der Waals surface area contributed by atoms with Gasteiger partial charge in [0.1, 0.15) is 4.32 Å². The third-order valence-corrected chi connectivity index (χ3v) is 6.85. The number of thiocarbonyl (C=S) groups is 1. The fourth-order valence-electron chi connectivity index (χ4n) is 2.22. The molecule has 0 saturated carbocycles. The average Bonchev–Trinajstić information content (AvgIpc) is 2.83. The molecule has 23 heavy (non-hydrogen) atoms. The summed E-state index contributed by atoms with van der Waals surface area (Å²) in [5.74, 6) is -0.595. The summed E-state index contributed by atoms with van der Waals surface area (Å²) in [7, 11) is -2.99. The van der Waals surface area contributed by atoms with Gasteiger partial charge in [0, 0.05) is 19.5 Å². The maximum atomic E-state index is 11.7. The van der Waals surface area contributed by atoms with Crippen molar-refractivity contribution in [3.63, 3.8) is 0 Å². The fourth-order valence-corrected chi connectivity index (χ4v) is 5.29. The minimum Gasteiger partial charge on any atom is -0.358 e. The van der Waals surface area contributed by atoms with Crippen molar-refractivity contribution in [2.45, 2.75) is 26.7 Å². The van der Waals surface area contributed by atoms with E-state index in [0.29, 0.717) is 10.7 Å². The summed E-state index contributed by atoms with van der Waals surface area (Å²) in [6.07, 6.45) is 0.599. The number of hydrogen-bond acceptors (Lipinski definition) is 6. The van der Waals surface area contributed by atoms with Crippen LogP contribution in [0.15, 0.2) is 0 Å². The van der Waals surface area contributed by atoms with Gasteiger partial charge in [-0.25, -0.2) is 8.42 Å². The summed E-state index contributed by atoms with van der Waals surface area (Å²) in [4.78, 5) is 25.3. The van der Waals surface area contributed by atoms with E-state index in [1.165, 1.54) is 11.8 Å². The first kappa shape index (κ1) is 20.2. The van der Waals surface area contributed by atoms with Crippen LogP contribution >= 0.6 is 24.0 Å². The monoisotopic (exact) mass is 381 g/mol. The zero-order chi connectivity index (χ0) is 17.5. The van der Waals surface area contributed by atoms with E-state index >= 15 is 0 Å². The zero-order valence-electron chi connectivity index (χ0n) is 13.3. The molecular formula is C13H23N3O4S3. The molecule has 0 aliphatic carbocycles. The van der Waals surface area contributed by atoms with Crippen LogP contribution in [0.3, 0.4) is 0 Å². The molecule has 1 aliphatic rings. The van der Waals surface area contributed by atoms with Crippen molar-refractivity contribution in [2.75, 3.05) is 30.3 Å². The molecule has 0 bridgehead atoms. The number of carbonyl (C=O) groups excluding carboxylic acids is 2. The molecule has 132 valence electrons. The summed E-state index contributed by atoms with van der Waals surface area (Å²) in [5, 5.41) is 0. The van der Waals surface area contributed by atoms with Gasteiger partial charge in [0.2, 0.25) is 11.8 Å². The number of hydrazine groups is 1. The molecule has 2 amide bonds. The number of carbonyl (C=O) groups is 2. The van der Waals surface area contributed by atoms with E-state index in [1.807, 2.05) is 18.7 Å². The van der Waals surface area contributed by atoms with Gasteiger partial charge in [0.15, 0.2) is 9.84 Å². The van der Waals surface area contributed by atoms with Crippen LogP contribution in [-0.4, -0.2) is 59.8 Å². The van der Waals surface area contributed by atoms with Crippen molar-refractivity contribution < 1.29 is 18.0 Å². The third kappa shape index (κ3) is 7.49. The Labute approximate surface area is 146 Å². The van der Waals surface area contributed by atoms with Gasteiger partial charge in [-0.1, -0.05) is 24.0 Å². The Hall–Kier alpha value is -0.870. The molecule has 1 fully saturated rings. The van der Waals surface area contributed by atoms with E-state index in [0.717, 1.165) is 13.1 Å². The van der Waals surface area contributed by atoms with Gasteiger partial charge in [0.05, 0.1) is 17.3 Å². The Kier molecular flexibility index (Phi) is 8.27. The maximum absolute atomic E-state index is 11.7. The quantitative estimate of drug-likeness (QED) is 0.505. The lowest BCUT2D eigenvalue weighted by molar-refractivity contribution is -0.128. The molecule has 0 aromatic heterocycles. The number of sulfone groups is 1. The summed E-state index contributed by atoms with van der Waals surface area (Å²) in [5.41, 5.74) is 4.63. The lowest BCUT2D eigenvalue weighted by Gasteiger charge is -2.20. The van der Waals surface area contributed by atoms with Gasteiger partial charge in [-0.15, -0.1) is 0 Å². The Morgan fingerprint density at radius 3 is 2.35 bits per heavy atom. The molecule has 0 radical (unpaired) electrons. The van der Waals surface area contributed by atoms with E-state index in [1.54, 1.807) is 0 Å². The van der Waals surface area contributed by atoms with Crippen LogP contribution in [0.1, 0.15) is 26.7 Å². The van der Waals surface area contributed by atoms with Gasteiger partial charge >= 0.3 is 0 Å². The average molecular weight is 382 g/mol. The van der Waals surface area contributed by atoms with Crippen molar-refractivity contribution in [1.29, 1.82) is 0 Å². The van der Waals surface area contributed by atoms with E-state index in [4.69, 9.17) is 12.2 Å².